The fourth-order valence-electron chi connectivity index (χ4n) is 4.21. The molecule has 0 aromatic rings. The first-order valence-corrected chi connectivity index (χ1v) is 11.9. The first-order chi connectivity index (χ1) is 13.4. The van der Waals surface area contributed by atoms with Crippen molar-refractivity contribution in [2.45, 2.75) is 57.4 Å². The van der Waals surface area contributed by atoms with Gasteiger partial charge in [-0.05, 0) is 25.7 Å². The number of imide groups is 1. The molecule has 2 N–H and O–H groups in total. The molecule has 0 aromatic carbocycles. The van der Waals surface area contributed by atoms with Gasteiger partial charge in [0.15, 0.2) is 0 Å². The Morgan fingerprint density at radius 1 is 0.786 bits per heavy atom. The molecule has 160 valence electrons. The first-order valence-electron chi connectivity index (χ1n) is 10.5. The molecule has 1 saturated carbocycles. The average molecular weight is 416 g/mol. The van der Waals surface area contributed by atoms with E-state index in [1.165, 1.54) is 4.31 Å². The molecule has 2 heterocycles. The largest absolute Gasteiger partial charge is 0.335 e. The number of hydrogen-bond donors (Lipinski definition) is 2. The lowest BCUT2D eigenvalue weighted by Crippen LogP contribution is -2.55. The van der Waals surface area contributed by atoms with Crippen molar-refractivity contribution in [2.24, 2.45) is 0 Å². The van der Waals surface area contributed by atoms with Gasteiger partial charge < -0.3 is 5.32 Å². The van der Waals surface area contributed by atoms with Gasteiger partial charge in [0.1, 0.15) is 0 Å². The summed E-state index contributed by atoms with van der Waals surface area (Å²) in [5, 5.41) is 5.22. The number of carbonyl (C=O) groups is 2. The molecule has 9 nitrogen and oxygen atoms in total. The Morgan fingerprint density at radius 3 is 1.96 bits per heavy atom. The Kier molecular flexibility index (Phi) is 7.67. The molecule has 0 unspecified atom stereocenters. The van der Waals surface area contributed by atoms with Crippen LogP contribution in [0.2, 0.25) is 0 Å². The van der Waals surface area contributed by atoms with Crippen molar-refractivity contribution < 1.29 is 18.0 Å². The van der Waals surface area contributed by atoms with Crippen LogP contribution in [-0.4, -0.2) is 85.7 Å². The Hall–Kier alpha value is -1.23. The molecule has 0 aromatic heterocycles. The molecule has 2 saturated heterocycles. The van der Waals surface area contributed by atoms with Crippen LogP contribution in [0.4, 0.5) is 4.79 Å². The van der Waals surface area contributed by atoms with E-state index in [4.69, 9.17) is 0 Å². The third-order valence-corrected chi connectivity index (χ3v) is 7.89. The van der Waals surface area contributed by atoms with Crippen molar-refractivity contribution in [3.8, 4) is 0 Å². The fourth-order valence-corrected chi connectivity index (χ4v) is 5.89. The van der Waals surface area contributed by atoms with Gasteiger partial charge >= 0.3 is 6.03 Å². The fraction of sp³-hybridized carbons (Fsp3) is 0.889. The highest BCUT2D eigenvalue weighted by Gasteiger charge is 2.33. The minimum Gasteiger partial charge on any atom is -0.335 e. The molecular weight excluding hydrogens is 382 g/mol. The molecule has 28 heavy (non-hydrogen) atoms. The second-order valence-electron chi connectivity index (χ2n) is 8.00. The summed E-state index contributed by atoms with van der Waals surface area (Å²) in [6, 6.07) is -0.264. The van der Waals surface area contributed by atoms with Gasteiger partial charge in [-0.15, -0.1) is 0 Å². The van der Waals surface area contributed by atoms with E-state index in [2.05, 4.69) is 10.6 Å². The molecule has 3 amide bonds. The average Bonchev–Trinajstić information content (AvgIpc) is 3.00. The van der Waals surface area contributed by atoms with Crippen LogP contribution in [0.25, 0.3) is 0 Å². The van der Waals surface area contributed by atoms with Gasteiger partial charge in [0, 0.05) is 45.3 Å². The van der Waals surface area contributed by atoms with Crippen LogP contribution in [-0.2, 0) is 15.0 Å². The standard InChI is InChI=1S/C18H33N5O4S/c24-17(20-18(25)19-16-7-3-4-8-16)15-21-11-13-23(14-12-21)28(26,27)22-9-5-1-2-6-10-22/h16H,1-15H2,(H2,19,20,24,25). The third-order valence-electron chi connectivity index (χ3n) is 5.86. The lowest BCUT2D eigenvalue weighted by molar-refractivity contribution is -0.121. The summed E-state index contributed by atoms with van der Waals surface area (Å²) >= 11 is 0. The van der Waals surface area contributed by atoms with Gasteiger partial charge in [0.2, 0.25) is 5.91 Å². The molecule has 3 rings (SSSR count). The van der Waals surface area contributed by atoms with Crippen LogP contribution < -0.4 is 10.6 Å². The lowest BCUT2D eigenvalue weighted by atomic mass is 10.2. The van der Waals surface area contributed by atoms with E-state index in [-0.39, 0.29) is 18.5 Å². The minimum atomic E-state index is -3.42. The van der Waals surface area contributed by atoms with Crippen LogP contribution in [0.1, 0.15) is 51.4 Å². The number of nitrogens with zero attached hydrogens (tertiary/aromatic N) is 3. The predicted molar refractivity (Wildman–Crippen MR) is 106 cm³/mol. The smallest absolute Gasteiger partial charge is 0.321 e. The highest BCUT2D eigenvalue weighted by Crippen LogP contribution is 2.18. The molecule has 2 aliphatic heterocycles. The molecule has 0 atom stereocenters. The summed E-state index contributed by atoms with van der Waals surface area (Å²) in [6.45, 7) is 3.04. The summed E-state index contributed by atoms with van der Waals surface area (Å²) in [5.41, 5.74) is 0. The molecule has 0 bridgehead atoms. The van der Waals surface area contributed by atoms with E-state index in [1.54, 1.807) is 4.31 Å². The number of amides is 3. The van der Waals surface area contributed by atoms with Crippen molar-refractivity contribution in [1.82, 2.24) is 24.1 Å². The van der Waals surface area contributed by atoms with Crippen molar-refractivity contribution in [1.29, 1.82) is 0 Å². The molecule has 10 heteroatoms. The molecule has 0 radical (unpaired) electrons. The SMILES string of the molecule is O=C(CN1CCN(S(=O)(=O)N2CCCCCC2)CC1)NC(=O)NC1CCCC1. The zero-order chi connectivity index (χ0) is 20.0. The third kappa shape index (κ3) is 5.88. The van der Waals surface area contributed by atoms with Gasteiger partial charge in [-0.1, -0.05) is 25.7 Å². The summed E-state index contributed by atoms with van der Waals surface area (Å²) in [7, 11) is -3.42. The lowest BCUT2D eigenvalue weighted by Gasteiger charge is -2.36. The Bertz CT molecular complexity index is 634. The number of rotatable bonds is 5. The van der Waals surface area contributed by atoms with Crippen LogP contribution in [0.15, 0.2) is 0 Å². The van der Waals surface area contributed by atoms with Crippen LogP contribution >= 0.6 is 0 Å². The van der Waals surface area contributed by atoms with Gasteiger partial charge in [-0.25, -0.2) is 4.79 Å². The maximum absolute atomic E-state index is 12.8. The van der Waals surface area contributed by atoms with Crippen LogP contribution in [0, 0.1) is 0 Å². The number of urea groups is 1. The van der Waals surface area contributed by atoms with Crippen molar-refractivity contribution in [2.75, 3.05) is 45.8 Å². The van der Waals surface area contributed by atoms with Gasteiger partial charge in [0.05, 0.1) is 6.54 Å². The Balaban J connectivity index is 1.40. The Labute approximate surface area is 168 Å². The number of hydrogen-bond acceptors (Lipinski definition) is 5. The first kappa shape index (κ1) is 21.5. The second kappa shape index (κ2) is 10.00. The molecule has 0 spiro atoms. The van der Waals surface area contributed by atoms with Gasteiger partial charge in [-0.2, -0.15) is 17.0 Å². The molecule has 3 fully saturated rings. The van der Waals surface area contributed by atoms with Crippen molar-refractivity contribution >= 4 is 22.1 Å². The summed E-state index contributed by atoms with van der Waals surface area (Å²) in [6.07, 6.45) is 8.17. The van der Waals surface area contributed by atoms with Crippen molar-refractivity contribution in [3.63, 3.8) is 0 Å². The maximum atomic E-state index is 12.8. The molecule has 1 aliphatic carbocycles. The number of piperazine rings is 1. The highest BCUT2D eigenvalue weighted by molar-refractivity contribution is 7.86. The second-order valence-corrected chi connectivity index (χ2v) is 9.93. The van der Waals surface area contributed by atoms with E-state index >= 15 is 0 Å². The zero-order valence-electron chi connectivity index (χ0n) is 16.6. The number of nitrogens with one attached hydrogen (secondary N) is 2. The quantitative estimate of drug-likeness (QED) is 0.681. The van der Waals surface area contributed by atoms with E-state index in [9.17, 15) is 18.0 Å². The number of carbonyl (C=O) groups excluding carboxylic acids is 2. The topological polar surface area (TPSA) is 102 Å². The van der Waals surface area contributed by atoms with E-state index in [0.717, 1.165) is 51.4 Å². The van der Waals surface area contributed by atoms with E-state index in [1.807, 2.05) is 4.90 Å². The zero-order valence-corrected chi connectivity index (χ0v) is 17.4. The van der Waals surface area contributed by atoms with Crippen molar-refractivity contribution in [3.05, 3.63) is 0 Å². The summed E-state index contributed by atoms with van der Waals surface area (Å²) in [4.78, 5) is 25.9. The molecule has 3 aliphatic rings. The van der Waals surface area contributed by atoms with E-state index in [0.29, 0.717) is 39.3 Å². The van der Waals surface area contributed by atoms with Gasteiger partial charge in [0.25, 0.3) is 10.2 Å². The maximum Gasteiger partial charge on any atom is 0.321 e. The normalized spacial score (nSPS) is 24.0. The highest BCUT2D eigenvalue weighted by atomic mass is 32.2. The summed E-state index contributed by atoms with van der Waals surface area (Å²) in [5.74, 6) is -0.348. The minimum absolute atomic E-state index is 0.107. The van der Waals surface area contributed by atoms with Crippen LogP contribution in [0.3, 0.4) is 0 Å². The Morgan fingerprint density at radius 2 is 1.36 bits per heavy atom. The predicted octanol–water partition coefficient (Wildman–Crippen LogP) is 0.493. The van der Waals surface area contributed by atoms with Crippen LogP contribution in [0.5, 0.6) is 0 Å². The van der Waals surface area contributed by atoms with E-state index < -0.39 is 16.2 Å². The molecular formula is C18H33N5O4S. The van der Waals surface area contributed by atoms with Gasteiger partial charge in [-0.3, -0.25) is 15.0 Å². The summed E-state index contributed by atoms with van der Waals surface area (Å²) < 4.78 is 28.8. The monoisotopic (exact) mass is 415 g/mol.